The largest absolute Gasteiger partial charge is 0.318 e. The molecule has 0 atom stereocenters. The Morgan fingerprint density at radius 3 is 2.79 bits per heavy atom. The van der Waals surface area contributed by atoms with E-state index in [-0.39, 0.29) is 11.1 Å². The summed E-state index contributed by atoms with van der Waals surface area (Å²) in [4.78, 5) is 24.0. The van der Waals surface area contributed by atoms with Gasteiger partial charge in [-0.2, -0.15) is 4.39 Å². The van der Waals surface area contributed by atoms with Gasteiger partial charge in [0.15, 0.2) is 0 Å². The molecule has 2 rings (SSSR count). The quantitative estimate of drug-likeness (QED) is 0.499. The Morgan fingerprint density at radius 2 is 2.14 bits per heavy atom. The number of carbonyl (C=O) groups is 1. The van der Waals surface area contributed by atoms with E-state index in [0.717, 1.165) is 6.07 Å². The number of nitro benzene ring substituents is 1. The molecule has 1 amide bonds. The Bertz CT molecular complexity index is 482. The van der Waals surface area contributed by atoms with Crippen LogP contribution in [0.2, 0.25) is 0 Å². The molecule has 1 aromatic carbocycles. The molecule has 0 radical (unpaired) electrons. The Hall–Kier alpha value is -2.11. The molecule has 0 unspecified atom stereocenters. The second-order valence-corrected chi connectivity index (χ2v) is 2.68. The topological polar surface area (TPSA) is 72.6 Å². The van der Waals surface area contributed by atoms with Gasteiger partial charge in [0.2, 0.25) is 5.82 Å². The fraction of sp³-hybridized carbons (Fsp3) is 0. The van der Waals surface area contributed by atoms with Crippen LogP contribution in [0.25, 0.3) is 0 Å². The number of fused-ring (bicyclic) bond motifs is 1. The van der Waals surface area contributed by atoms with Crippen LogP contribution in [-0.2, 0) is 0 Å². The van der Waals surface area contributed by atoms with Gasteiger partial charge in [-0.15, -0.1) is 0 Å². The van der Waals surface area contributed by atoms with Crippen LogP contribution in [0.4, 0.5) is 10.1 Å². The van der Waals surface area contributed by atoms with Gasteiger partial charge in [-0.3, -0.25) is 14.9 Å². The van der Waals surface area contributed by atoms with Gasteiger partial charge >= 0.3 is 5.69 Å². The van der Waals surface area contributed by atoms with Crippen molar-refractivity contribution in [3.05, 3.63) is 39.2 Å². The molecule has 0 saturated carbocycles. The highest BCUT2D eigenvalue weighted by Gasteiger charge is 2.30. The van der Waals surface area contributed by atoms with Crippen molar-refractivity contribution in [2.75, 3.05) is 0 Å². The lowest BCUT2D eigenvalue weighted by molar-refractivity contribution is -0.387. The second-order valence-electron chi connectivity index (χ2n) is 2.68. The fourth-order valence-corrected chi connectivity index (χ4v) is 1.28. The van der Waals surface area contributed by atoms with E-state index in [0.29, 0.717) is 0 Å². The summed E-state index contributed by atoms with van der Waals surface area (Å²) in [5, 5.41) is 10.5. The van der Waals surface area contributed by atoms with Crippen molar-refractivity contribution in [1.82, 2.24) is 0 Å². The van der Waals surface area contributed by atoms with Gasteiger partial charge in [-0.05, 0) is 12.1 Å². The Morgan fingerprint density at radius 1 is 1.43 bits per heavy atom. The highest BCUT2D eigenvalue weighted by atomic mass is 19.1. The van der Waals surface area contributed by atoms with Crippen LogP contribution in [-0.4, -0.2) is 17.0 Å². The molecular weight excluding hydrogens is 191 g/mol. The maximum absolute atomic E-state index is 13.0. The van der Waals surface area contributed by atoms with E-state index in [1.54, 1.807) is 0 Å². The molecule has 0 fully saturated rings. The predicted molar refractivity (Wildman–Crippen MR) is 45.0 cm³/mol. The van der Waals surface area contributed by atoms with Gasteiger partial charge in [-0.25, -0.2) is 4.99 Å². The third kappa shape index (κ3) is 1.00. The second kappa shape index (κ2) is 2.69. The van der Waals surface area contributed by atoms with Gasteiger partial charge < -0.3 is 0 Å². The summed E-state index contributed by atoms with van der Waals surface area (Å²) in [5.41, 5.74) is -0.789. The summed E-state index contributed by atoms with van der Waals surface area (Å²) in [6.45, 7) is 0. The molecule has 0 aromatic heterocycles. The van der Waals surface area contributed by atoms with E-state index in [2.05, 4.69) is 4.99 Å². The number of rotatable bonds is 1. The minimum atomic E-state index is -1.02. The zero-order chi connectivity index (χ0) is 10.3. The Labute approximate surface area is 77.0 Å². The Balaban J connectivity index is 2.78. The smallest absolute Gasteiger partial charge is 0.266 e. The maximum atomic E-state index is 13.0. The molecule has 70 valence electrons. The van der Waals surface area contributed by atoms with Crippen molar-refractivity contribution in [2.24, 2.45) is 4.99 Å². The lowest BCUT2D eigenvalue weighted by Crippen LogP contribution is -2.02. The van der Waals surface area contributed by atoms with Crippen molar-refractivity contribution in [1.29, 1.82) is 0 Å². The summed E-state index contributed by atoms with van der Waals surface area (Å²) in [6.07, 6.45) is 1.18. The van der Waals surface area contributed by atoms with Gasteiger partial charge in [0.1, 0.15) is 5.56 Å². The van der Waals surface area contributed by atoms with Crippen molar-refractivity contribution >= 4 is 17.8 Å². The average Bonchev–Trinajstić information content (AvgIpc) is 2.47. The number of nitro groups is 1. The predicted octanol–water partition coefficient (Wildman–Crippen LogP) is 1.31. The molecule has 0 saturated heterocycles. The lowest BCUT2D eigenvalue weighted by Gasteiger charge is -1.98. The third-order valence-electron chi connectivity index (χ3n) is 1.88. The van der Waals surface area contributed by atoms with Crippen molar-refractivity contribution in [2.45, 2.75) is 0 Å². The van der Waals surface area contributed by atoms with Crippen LogP contribution >= 0.6 is 0 Å². The maximum Gasteiger partial charge on any atom is 0.318 e. The molecule has 1 aromatic rings. The van der Waals surface area contributed by atoms with E-state index < -0.39 is 22.3 Å². The lowest BCUT2D eigenvalue weighted by atomic mass is 10.1. The first kappa shape index (κ1) is 8.49. The minimum Gasteiger partial charge on any atom is -0.266 e. The van der Waals surface area contributed by atoms with Crippen LogP contribution < -0.4 is 0 Å². The fourth-order valence-electron chi connectivity index (χ4n) is 1.28. The summed E-state index contributed by atoms with van der Waals surface area (Å²) in [6, 6.07) is 2.23. The van der Waals surface area contributed by atoms with Gasteiger partial charge in [0.25, 0.3) is 5.91 Å². The van der Waals surface area contributed by atoms with Crippen LogP contribution in [0, 0.1) is 15.9 Å². The van der Waals surface area contributed by atoms with Crippen molar-refractivity contribution in [3.8, 4) is 0 Å². The summed E-state index contributed by atoms with van der Waals surface area (Å²) in [7, 11) is 0. The molecule has 0 aliphatic carbocycles. The van der Waals surface area contributed by atoms with E-state index in [4.69, 9.17) is 0 Å². The number of carbonyl (C=O) groups excluding carboxylic acids is 1. The Kier molecular flexibility index (Phi) is 1.63. The molecule has 1 aliphatic heterocycles. The van der Waals surface area contributed by atoms with Gasteiger partial charge in [0, 0.05) is 11.8 Å². The molecule has 14 heavy (non-hydrogen) atoms. The normalized spacial score (nSPS) is 13.1. The highest BCUT2D eigenvalue weighted by molar-refractivity contribution is 6.15. The molecule has 0 N–H and O–H groups in total. The van der Waals surface area contributed by atoms with Crippen LogP contribution in [0.5, 0.6) is 0 Å². The van der Waals surface area contributed by atoms with E-state index in [1.807, 2.05) is 0 Å². The van der Waals surface area contributed by atoms with Crippen molar-refractivity contribution < 1.29 is 14.1 Å². The zero-order valence-corrected chi connectivity index (χ0v) is 6.73. The number of nitrogens with zero attached hydrogens (tertiary/aromatic N) is 2. The number of hydrogen-bond donors (Lipinski definition) is 0. The number of hydrogen-bond acceptors (Lipinski definition) is 3. The standard InChI is InChI=1S/C8H3FN2O3/c9-5-2-1-4-3-10-8(12)6(4)7(5)11(13)14/h1-3H. The van der Waals surface area contributed by atoms with Crippen molar-refractivity contribution in [3.63, 3.8) is 0 Å². The first-order valence-electron chi connectivity index (χ1n) is 3.66. The summed E-state index contributed by atoms with van der Waals surface area (Å²) < 4.78 is 13.0. The number of amides is 1. The van der Waals surface area contributed by atoms with Gasteiger partial charge in [0.05, 0.1) is 4.92 Å². The van der Waals surface area contributed by atoms with E-state index in [9.17, 15) is 19.3 Å². The monoisotopic (exact) mass is 194 g/mol. The number of halogens is 1. The molecule has 0 spiro atoms. The number of benzene rings is 1. The van der Waals surface area contributed by atoms with E-state index in [1.165, 1.54) is 12.3 Å². The molecular formula is C8H3FN2O3. The van der Waals surface area contributed by atoms with E-state index >= 15 is 0 Å². The molecule has 1 heterocycles. The molecule has 5 nitrogen and oxygen atoms in total. The van der Waals surface area contributed by atoms with Gasteiger partial charge in [-0.1, -0.05) is 0 Å². The third-order valence-corrected chi connectivity index (χ3v) is 1.88. The van der Waals surface area contributed by atoms with Crippen LogP contribution in [0.1, 0.15) is 15.9 Å². The zero-order valence-electron chi connectivity index (χ0n) is 6.73. The van der Waals surface area contributed by atoms with Crippen LogP contribution in [0.15, 0.2) is 17.1 Å². The minimum absolute atomic E-state index is 0.269. The first-order valence-corrected chi connectivity index (χ1v) is 3.66. The molecule has 1 aliphatic rings. The first-order chi connectivity index (χ1) is 6.61. The summed E-state index contributed by atoms with van der Waals surface area (Å²) in [5.74, 6) is -1.79. The highest BCUT2D eigenvalue weighted by Crippen LogP contribution is 2.28. The summed E-state index contributed by atoms with van der Waals surface area (Å²) >= 11 is 0. The molecule has 6 heteroatoms. The average molecular weight is 194 g/mol. The SMILES string of the molecule is O=C1N=Cc2ccc(F)c([N+](=O)[O-])c21. The molecule has 0 bridgehead atoms. The number of aliphatic imine (C=N–C) groups is 1. The van der Waals surface area contributed by atoms with Crippen LogP contribution in [0.3, 0.4) is 0 Å².